The Morgan fingerprint density at radius 2 is 1.88 bits per heavy atom. The topological polar surface area (TPSA) is 56.7 Å². The van der Waals surface area contributed by atoms with Gasteiger partial charge >= 0.3 is 0 Å². The molecule has 1 aromatic rings. The highest BCUT2D eigenvalue weighted by Gasteiger charge is 2.34. The molecule has 0 atom stereocenters. The average Bonchev–Trinajstić information content (AvgIpc) is 2.74. The van der Waals surface area contributed by atoms with E-state index in [2.05, 4.69) is 35.5 Å². The maximum atomic E-state index is 5.75. The van der Waals surface area contributed by atoms with E-state index in [-0.39, 0.29) is 5.41 Å². The van der Waals surface area contributed by atoms with Gasteiger partial charge in [0.2, 0.25) is 0 Å². The van der Waals surface area contributed by atoms with Crippen LogP contribution in [0.25, 0.3) is 0 Å². The highest BCUT2D eigenvalue weighted by molar-refractivity contribution is 5.11. The highest BCUT2D eigenvalue weighted by Crippen LogP contribution is 2.38. The predicted molar refractivity (Wildman–Crippen MR) is 68.7 cm³/mol. The molecule has 0 spiro atoms. The van der Waals surface area contributed by atoms with Crippen LogP contribution in [0, 0.1) is 0 Å². The van der Waals surface area contributed by atoms with Gasteiger partial charge in [-0.3, -0.25) is 0 Å². The number of hydrogen-bond donors (Lipinski definition) is 1. The van der Waals surface area contributed by atoms with Crippen molar-refractivity contribution in [3.63, 3.8) is 0 Å². The zero-order valence-corrected chi connectivity index (χ0v) is 11.2. The highest BCUT2D eigenvalue weighted by atomic mass is 15.3. The molecular weight excluding hydrogens is 212 g/mol. The Labute approximate surface area is 104 Å². The second-order valence-electron chi connectivity index (χ2n) is 5.73. The van der Waals surface area contributed by atoms with Crippen LogP contribution in [-0.4, -0.2) is 14.8 Å². The van der Waals surface area contributed by atoms with E-state index in [1.54, 1.807) is 0 Å². The fourth-order valence-corrected chi connectivity index (χ4v) is 2.97. The quantitative estimate of drug-likeness (QED) is 0.877. The summed E-state index contributed by atoms with van der Waals surface area (Å²) in [5.41, 5.74) is 5.95. The minimum atomic E-state index is 0.197. The smallest absolute Gasteiger partial charge is 0.147 e. The second kappa shape index (κ2) is 4.77. The lowest BCUT2D eigenvalue weighted by Gasteiger charge is -2.33. The number of nitrogens with two attached hydrogens (primary N) is 1. The summed E-state index contributed by atoms with van der Waals surface area (Å²) in [6.45, 7) is 7.16. The van der Waals surface area contributed by atoms with Crippen LogP contribution in [0.15, 0.2) is 0 Å². The van der Waals surface area contributed by atoms with Crippen LogP contribution in [0.5, 0.6) is 0 Å². The first-order valence-corrected chi connectivity index (χ1v) is 6.73. The molecule has 96 valence electrons. The predicted octanol–water partition coefficient (Wildman–Crippen LogP) is 2.54. The normalized spacial score (nSPS) is 19.8. The van der Waals surface area contributed by atoms with Gasteiger partial charge in [-0.15, -0.1) is 10.2 Å². The largest absolute Gasteiger partial charge is 0.324 e. The lowest BCUT2D eigenvalue weighted by molar-refractivity contribution is 0.288. The third-order valence-electron chi connectivity index (χ3n) is 3.96. The summed E-state index contributed by atoms with van der Waals surface area (Å²) >= 11 is 0. The maximum Gasteiger partial charge on any atom is 0.147 e. The number of hydrogen-bond acceptors (Lipinski definition) is 3. The summed E-state index contributed by atoms with van der Waals surface area (Å²) < 4.78 is 2.24. The summed E-state index contributed by atoms with van der Waals surface area (Å²) in [5, 5.41) is 8.70. The van der Waals surface area contributed by atoms with Crippen molar-refractivity contribution < 1.29 is 0 Å². The fraction of sp³-hybridized carbons (Fsp3) is 0.846. The SMILES string of the molecule is CC(C)n1c(CN)nnc1C1(C)CCCCC1. The number of aromatic nitrogens is 3. The van der Waals surface area contributed by atoms with Gasteiger partial charge in [-0.2, -0.15) is 0 Å². The second-order valence-corrected chi connectivity index (χ2v) is 5.73. The van der Waals surface area contributed by atoms with Gasteiger partial charge in [-0.1, -0.05) is 26.2 Å². The molecule has 0 aliphatic heterocycles. The zero-order valence-electron chi connectivity index (χ0n) is 11.2. The fourth-order valence-electron chi connectivity index (χ4n) is 2.97. The van der Waals surface area contributed by atoms with Crippen molar-refractivity contribution in [2.75, 3.05) is 0 Å². The first-order valence-electron chi connectivity index (χ1n) is 6.73. The molecule has 1 aliphatic carbocycles. The van der Waals surface area contributed by atoms with Crippen LogP contribution in [0.4, 0.5) is 0 Å². The molecule has 0 aromatic carbocycles. The molecule has 0 unspecified atom stereocenters. The Morgan fingerprint density at radius 1 is 1.24 bits per heavy atom. The van der Waals surface area contributed by atoms with Crippen LogP contribution in [0.3, 0.4) is 0 Å². The van der Waals surface area contributed by atoms with E-state index in [9.17, 15) is 0 Å². The molecule has 1 fully saturated rings. The van der Waals surface area contributed by atoms with E-state index in [1.807, 2.05) is 0 Å². The molecule has 1 aromatic heterocycles. The van der Waals surface area contributed by atoms with Gasteiger partial charge in [0.15, 0.2) is 0 Å². The molecule has 1 saturated carbocycles. The molecule has 4 heteroatoms. The van der Waals surface area contributed by atoms with Gasteiger partial charge in [0, 0.05) is 11.5 Å². The van der Waals surface area contributed by atoms with Crippen LogP contribution in [-0.2, 0) is 12.0 Å². The molecule has 17 heavy (non-hydrogen) atoms. The van der Waals surface area contributed by atoms with Crippen molar-refractivity contribution in [1.29, 1.82) is 0 Å². The van der Waals surface area contributed by atoms with E-state index >= 15 is 0 Å². The summed E-state index contributed by atoms with van der Waals surface area (Å²) in [6, 6.07) is 0.386. The first-order chi connectivity index (χ1) is 8.08. The molecule has 0 radical (unpaired) electrons. The van der Waals surface area contributed by atoms with Gasteiger partial charge in [-0.05, 0) is 26.7 Å². The molecule has 0 amide bonds. The van der Waals surface area contributed by atoms with Crippen LogP contribution >= 0.6 is 0 Å². The standard InChI is InChI=1S/C13H24N4/c1-10(2)17-11(9-14)15-16-12(17)13(3)7-5-4-6-8-13/h10H,4-9,14H2,1-3H3. The van der Waals surface area contributed by atoms with E-state index in [0.29, 0.717) is 12.6 Å². The van der Waals surface area contributed by atoms with Gasteiger partial charge in [0.25, 0.3) is 0 Å². The summed E-state index contributed by atoms with van der Waals surface area (Å²) in [5.74, 6) is 2.06. The minimum Gasteiger partial charge on any atom is -0.324 e. The van der Waals surface area contributed by atoms with Crippen molar-refractivity contribution in [2.24, 2.45) is 5.73 Å². The summed E-state index contributed by atoms with van der Waals surface area (Å²) in [4.78, 5) is 0. The van der Waals surface area contributed by atoms with E-state index < -0.39 is 0 Å². The Bertz CT molecular complexity index is 375. The van der Waals surface area contributed by atoms with E-state index in [1.165, 1.54) is 32.1 Å². The van der Waals surface area contributed by atoms with E-state index in [0.717, 1.165) is 11.6 Å². The Morgan fingerprint density at radius 3 is 2.41 bits per heavy atom. The van der Waals surface area contributed by atoms with Crippen molar-refractivity contribution in [2.45, 2.75) is 70.9 Å². The van der Waals surface area contributed by atoms with Gasteiger partial charge in [0.1, 0.15) is 11.6 Å². The molecular formula is C13H24N4. The van der Waals surface area contributed by atoms with Gasteiger partial charge in [-0.25, -0.2) is 0 Å². The monoisotopic (exact) mass is 236 g/mol. The molecule has 1 aliphatic rings. The molecule has 2 rings (SSSR count). The summed E-state index contributed by atoms with van der Waals surface area (Å²) in [6.07, 6.45) is 6.42. The minimum absolute atomic E-state index is 0.197. The third-order valence-corrected chi connectivity index (χ3v) is 3.96. The molecule has 1 heterocycles. The van der Waals surface area contributed by atoms with Crippen molar-refractivity contribution in [1.82, 2.24) is 14.8 Å². The average molecular weight is 236 g/mol. The van der Waals surface area contributed by atoms with Gasteiger partial charge < -0.3 is 10.3 Å². The number of rotatable bonds is 3. The zero-order chi connectivity index (χ0) is 12.5. The van der Waals surface area contributed by atoms with Gasteiger partial charge in [0.05, 0.1) is 6.54 Å². The van der Waals surface area contributed by atoms with E-state index in [4.69, 9.17) is 5.73 Å². The first kappa shape index (κ1) is 12.6. The molecule has 2 N–H and O–H groups in total. The lowest BCUT2D eigenvalue weighted by atomic mass is 9.75. The van der Waals surface area contributed by atoms with Crippen molar-refractivity contribution in [3.05, 3.63) is 11.6 Å². The van der Waals surface area contributed by atoms with Crippen molar-refractivity contribution >= 4 is 0 Å². The van der Waals surface area contributed by atoms with Crippen LogP contribution < -0.4 is 5.73 Å². The third kappa shape index (κ3) is 2.23. The van der Waals surface area contributed by atoms with Crippen LogP contribution in [0.2, 0.25) is 0 Å². The molecule has 0 bridgehead atoms. The summed E-state index contributed by atoms with van der Waals surface area (Å²) in [7, 11) is 0. The maximum absolute atomic E-state index is 5.75. The van der Waals surface area contributed by atoms with Crippen molar-refractivity contribution in [3.8, 4) is 0 Å². The Balaban J connectivity index is 2.40. The lowest BCUT2D eigenvalue weighted by Crippen LogP contribution is -2.30. The Hall–Kier alpha value is -0.900. The Kier molecular flexibility index (Phi) is 3.52. The number of nitrogens with zero attached hydrogens (tertiary/aromatic N) is 3. The molecule has 4 nitrogen and oxygen atoms in total. The molecule has 0 saturated heterocycles. The van der Waals surface area contributed by atoms with Crippen LogP contribution in [0.1, 0.15) is 70.6 Å².